The van der Waals surface area contributed by atoms with Crippen molar-refractivity contribution in [2.45, 2.75) is 13.1 Å². The third kappa shape index (κ3) is 4.41. The van der Waals surface area contributed by atoms with Crippen LogP contribution in [-0.2, 0) is 23.3 Å². The van der Waals surface area contributed by atoms with Crippen molar-refractivity contribution in [1.29, 1.82) is 0 Å². The first kappa shape index (κ1) is 17.1. The van der Waals surface area contributed by atoms with E-state index in [0.717, 1.165) is 24.2 Å². The zero-order valence-electron chi connectivity index (χ0n) is 13.8. The fourth-order valence-electron chi connectivity index (χ4n) is 2.65. The van der Waals surface area contributed by atoms with Gasteiger partial charge in [-0.15, -0.1) is 0 Å². The van der Waals surface area contributed by atoms with Gasteiger partial charge in [-0.2, -0.15) is 22.5 Å². The van der Waals surface area contributed by atoms with Crippen molar-refractivity contribution in [2.75, 3.05) is 33.2 Å². The van der Waals surface area contributed by atoms with Gasteiger partial charge in [-0.05, 0) is 12.6 Å². The first-order valence-corrected chi connectivity index (χ1v) is 9.45. The molecule has 8 heteroatoms. The Morgan fingerprint density at radius 2 is 1.79 bits per heavy atom. The summed E-state index contributed by atoms with van der Waals surface area (Å²) in [5.74, 6) is 0. The van der Waals surface area contributed by atoms with Gasteiger partial charge in [-0.3, -0.25) is 4.68 Å². The van der Waals surface area contributed by atoms with Crippen LogP contribution < -0.4 is 4.72 Å². The monoisotopic (exact) mass is 349 g/mol. The van der Waals surface area contributed by atoms with E-state index in [1.165, 1.54) is 4.31 Å². The van der Waals surface area contributed by atoms with Crippen molar-refractivity contribution in [3.8, 4) is 0 Å². The standard InChI is InChI=1S/C16H23N5O2S/c1-19-7-9-21(10-8-19)24(22,23)18-12-16-11-17-20(14-16)13-15-5-3-2-4-6-15/h2-6,11,14,18H,7-10,12-13H2,1H3. The Labute approximate surface area is 143 Å². The van der Waals surface area contributed by atoms with E-state index in [4.69, 9.17) is 0 Å². The van der Waals surface area contributed by atoms with Crippen molar-refractivity contribution in [3.05, 3.63) is 53.9 Å². The van der Waals surface area contributed by atoms with E-state index < -0.39 is 10.2 Å². The van der Waals surface area contributed by atoms with Gasteiger partial charge in [0.2, 0.25) is 0 Å². The number of hydrogen-bond donors (Lipinski definition) is 1. The minimum absolute atomic E-state index is 0.253. The van der Waals surface area contributed by atoms with Crippen molar-refractivity contribution in [3.63, 3.8) is 0 Å². The highest BCUT2D eigenvalue weighted by molar-refractivity contribution is 7.87. The summed E-state index contributed by atoms with van der Waals surface area (Å²) in [6.45, 7) is 3.50. The lowest BCUT2D eigenvalue weighted by Gasteiger charge is -2.31. The predicted octanol–water partition coefficient (Wildman–Crippen LogP) is 0.513. The molecule has 1 aliphatic rings. The molecule has 1 aromatic carbocycles. The summed E-state index contributed by atoms with van der Waals surface area (Å²) in [5.41, 5.74) is 2.01. The van der Waals surface area contributed by atoms with Gasteiger partial charge in [0.15, 0.2) is 0 Å². The summed E-state index contributed by atoms with van der Waals surface area (Å²) in [4.78, 5) is 2.12. The lowest BCUT2D eigenvalue weighted by Crippen LogP contribution is -2.50. The molecular weight excluding hydrogens is 326 g/mol. The van der Waals surface area contributed by atoms with Crippen molar-refractivity contribution in [1.82, 2.24) is 23.7 Å². The van der Waals surface area contributed by atoms with Gasteiger partial charge in [0.1, 0.15) is 0 Å². The Kier molecular flexibility index (Phi) is 5.30. The highest BCUT2D eigenvalue weighted by Crippen LogP contribution is 2.07. The first-order valence-electron chi connectivity index (χ1n) is 8.01. The maximum absolute atomic E-state index is 12.3. The second kappa shape index (κ2) is 7.43. The van der Waals surface area contributed by atoms with E-state index in [9.17, 15) is 8.42 Å². The average molecular weight is 349 g/mol. The number of piperazine rings is 1. The van der Waals surface area contributed by atoms with Crippen LogP contribution >= 0.6 is 0 Å². The van der Waals surface area contributed by atoms with Crippen LogP contribution in [0.2, 0.25) is 0 Å². The number of likely N-dealkylation sites (N-methyl/N-ethyl adjacent to an activating group) is 1. The molecule has 0 spiro atoms. The van der Waals surface area contributed by atoms with Crippen molar-refractivity contribution < 1.29 is 8.42 Å². The molecular formula is C16H23N5O2S. The molecule has 0 aliphatic carbocycles. The first-order chi connectivity index (χ1) is 11.5. The van der Waals surface area contributed by atoms with Gasteiger partial charge in [0.25, 0.3) is 10.2 Å². The average Bonchev–Trinajstić information content (AvgIpc) is 3.02. The van der Waals surface area contributed by atoms with E-state index in [1.54, 1.807) is 6.20 Å². The van der Waals surface area contributed by atoms with Gasteiger partial charge in [-0.1, -0.05) is 30.3 Å². The van der Waals surface area contributed by atoms with Crippen LogP contribution in [0.4, 0.5) is 0 Å². The molecule has 0 bridgehead atoms. The highest BCUT2D eigenvalue weighted by Gasteiger charge is 2.25. The van der Waals surface area contributed by atoms with Crippen LogP contribution in [0.5, 0.6) is 0 Å². The van der Waals surface area contributed by atoms with Gasteiger partial charge in [0, 0.05) is 44.5 Å². The number of nitrogens with zero attached hydrogens (tertiary/aromatic N) is 4. The Morgan fingerprint density at radius 3 is 2.50 bits per heavy atom. The summed E-state index contributed by atoms with van der Waals surface area (Å²) in [6, 6.07) is 10.0. The van der Waals surface area contributed by atoms with Gasteiger partial charge in [0.05, 0.1) is 12.7 Å². The second-order valence-corrected chi connectivity index (χ2v) is 7.82. The number of benzene rings is 1. The van der Waals surface area contributed by atoms with Crippen LogP contribution in [0.1, 0.15) is 11.1 Å². The van der Waals surface area contributed by atoms with Gasteiger partial charge < -0.3 is 4.90 Å². The molecule has 1 aromatic heterocycles. The van der Waals surface area contributed by atoms with E-state index in [1.807, 2.05) is 48.3 Å². The largest absolute Gasteiger partial charge is 0.304 e. The third-order valence-corrected chi connectivity index (χ3v) is 5.69. The highest BCUT2D eigenvalue weighted by atomic mass is 32.2. The summed E-state index contributed by atoms with van der Waals surface area (Å²) >= 11 is 0. The molecule has 0 radical (unpaired) electrons. The fraction of sp³-hybridized carbons (Fsp3) is 0.438. The summed E-state index contributed by atoms with van der Waals surface area (Å²) in [7, 11) is -1.44. The maximum Gasteiger partial charge on any atom is 0.279 e. The van der Waals surface area contributed by atoms with Gasteiger partial charge in [-0.25, -0.2) is 0 Å². The topological polar surface area (TPSA) is 70.5 Å². The molecule has 0 unspecified atom stereocenters. The van der Waals surface area contributed by atoms with Crippen molar-refractivity contribution in [2.24, 2.45) is 0 Å². The molecule has 1 fully saturated rings. The van der Waals surface area contributed by atoms with E-state index in [0.29, 0.717) is 19.6 Å². The normalized spacial score (nSPS) is 17.2. The molecule has 1 N–H and O–H groups in total. The minimum atomic E-state index is -3.43. The van der Waals surface area contributed by atoms with E-state index in [-0.39, 0.29) is 6.54 Å². The lowest BCUT2D eigenvalue weighted by molar-refractivity contribution is 0.221. The molecule has 1 aliphatic heterocycles. The zero-order chi connectivity index (χ0) is 17.0. The van der Waals surface area contributed by atoms with Crippen LogP contribution in [0.25, 0.3) is 0 Å². The molecule has 7 nitrogen and oxygen atoms in total. The third-order valence-electron chi connectivity index (χ3n) is 4.13. The minimum Gasteiger partial charge on any atom is -0.304 e. The number of nitrogens with one attached hydrogen (secondary N) is 1. The van der Waals surface area contributed by atoms with Gasteiger partial charge >= 0.3 is 0 Å². The van der Waals surface area contributed by atoms with Crippen molar-refractivity contribution >= 4 is 10.2 Å². The van der Waals surface area contributed by atoms with Crippen LogP contribution in [0, 0.1) is 0 Å². The molecule has 2 heterocycles. The Balaban J connectivity index is 1.55. The van der Waals surface area contributed by atoms with E-state index >= 15 is 0 Å². The fourth-order valence-corrected chi connectivity index (χ4v) is 3.82. The molecule has 130 valence electrons. The Morgan fingerprint density at radius 1 is 1.08 bits per heavy atom. The maximum atomic E-state index is 12.3. The molecule has 24 heavy (non-hydrogen) atoms. The molecule has 2 aromatic rings. The van der Waals surface area contributed by atoms with Crippen LogP contribution in [0.3, 0.4) is 0 Å². The zero-order valence-corrected chi connectivity index (χ0v) is 14.6. The Hall–Kier alpha value is -1.74. The summed E-state index contributed by atoms with van der Waals surface area (Å²) in [5, 5.41) is 4.30. The molecule has 0 amide bonds. The number of hydrogen-bond acceptors (Lipinski definition) is 4. The molecule has 3 rings (SSSR count). The number of aromatic nitrogens is 2. The summed E-state index contributed by atoms with van der Waals surface area (Å²) < 4.78 is 30.6. The van der Waals surface area contributed by atoms with Crippen LogP contribution in [0.15, 0.2) is 42.7 Å². The SMILES string of the molecule is CN1CCN(S(=O)(=O)NCc2cnn(Cc3ccccc3)c2)CC1. The smallest absolute Gasteiger partial charge is 0.279 e. The molecule has 0 atom stereocenters. The lowest BCUT2D eigenvalue weighted by atomic mass is 10.2. The Bertz CT molecular complexity index is 752. The molecule has 1 saturated heterocycles. The second-order valence-electron chi connectivity index (χ2n) is 6.06. The van der Waals surface area contributed by atoms with Crippen LogP contribution in [-0.4, -0.2) is 60.6 Å². The van der Waals surface area contributed by atoms with E-state index in [2.05, 4.69) is 14.7 Å². The summed E-state index contributed by atoms with van der Waals surface area (Å²) in [6.07, 6.45) is 3.58. The number of rotatable bonds is 6. The molecule has 0 saturated carbocycles. The predicted molar refractivity (Wildman–Crippen MR) is 92.6 cm³/mol. The quantitative estimate of drug-likeness (QED) is 0.825.